The lowest BCUT2D eigenvalue weighted by atomic mass is 9.92. The molecule has 0 amide bonds. The highest BCUT2D eigenvalue weighted by Crippen LogP contribution is 2.36. The molecule has 0 fully saturated rings. The number of benzene rings is 4. The third kappa shape index (κ3) is 4.35. The second kappa shape index (κ2) is 8.81. The molecule has 30 heavy (non-hydrogen) atoms. The molecule has 4 aromatic carbocycles. The van der Waals surface area contributed by atoms with Crippen LogP contribution in [0.15, 0.2) is 103 Å². The topological polar surface area (TPSA) is 43.1 Å². The summed E-state index contributed by atoms with van der Waals surface area (Å²) in [5, 5.41) is 0.684. The first-order chi connectivity index (χ1) is 14.6. The van der Waals surface area contributed by atoms with Crippen molar-refractivity contribution in [3.8, 4) is 22.3 Å². The van der Waals surface area contributed by atoms with E-state index < -0.39 is 0 Å². The van der Waals surface area contributed by atoms with Gasteiger partial charge in [0.25, 0.3) is 0 Å². The first kappa shape index (κ1) is 19.7. The Morgan fingerprint density at radius 3 is 2.17 bits per heavy atom. The van der Waals surface area contributed by atoms with Gasteiger partial charge in [0.05, 0.1) is 0 Å². The summed E-state index contributed by atoms with van der Waals surface area (Å²) in [6, 6.07) is 30.9. The molecule has 4 aromatic rings. The van der Waals surface area contributed by atoms with Gasteiger partial charge in [0.15, 0.2) is 5.78 Å². The van der Waals surface area contributed by atoms with E-state index in [0.717, 1.165) is 33.5 Å². The lowest BCUT2D eigenvalue weighted by molar-refractivity contribution is 0.104. The number of ketones is 1. The number of nitrogens with two attached hydrogens (primary N) is 1. The number of nitrogen functional groups attached to an aromatic ring is 1. The Labute approximate surface area is 181 Å². The largest absolute Gasteiger partial charge is 0.398 e. The Morgan fingerprint density at radius 1 is 0.733 bits per heavy atom. The van der Waals surface area contributed by atoms with Gasteiger partial charge in [-0.2, -0.15) is 0 Å². The maximum Gasteiger partial charge on any atom is 0.185 e. The van der Waals surface area contributed by atoms with Crippen LogP contribution >= 0.6 is 11.6 Å². The number of hydrogen-bond acceptors (Lipinski definition) is 2. The van der Waals surface area contributed by atoms with Crippen molar-refractivity contribution in [1.82, 2.24) is 0 Å². The molecule has 0 unspecified atom stereocenters. The van der Waals surface area contributed by atoms with Gasteiger partial charge < -0.3 is 5.73 Å². The summed E-state index contributed by atoms with van der Waals surface area (Å²) in [5.41, 5.74) is 12.6. The zero-order valence-electron chi connectivity index (χ0n) is 16.3. The van der Waals surface area contributed by atoms with Gasteiger partial charge in [0, 0.05) is 21.8 Å². The molecule has 0 atom stereocenters. The highest BCUT2D eigenvalue weighted by Gasteiger charge is 2.11. The standard InChI is InChI=1S/C27H20ClNO/c28-22-14-12-20(13-15-22)25-18-19(11-17-27(30)21-6-2-1-3-7-21)10-16-23(25)24-8-4-5-9-26(24)29/h1-18H,29H2. The zero-order valence-corrected chi connectivity index (χ0v) is 17.0. The molecular formula is C27H20ClNO. The van der Waals surface area contributed by atoms with Crippen LogP contribution in [0.5, 0.6) is 0 Å². The van der Waals surface area contributed by atoms with Crippen molar-refractivity contribution in [2.75, 3.05) is 5.73 Å². The van der Waals surface area contributed by atoms with E-state index in [2.05, 4.69) is 6.07 Å². The minimum atomic E-state index is -0.0278. The van der Waals surface area contributed by atoms with Crippen molar-refractivity contribution in [2.45, 2.75) is 0 Å². The van der Waals surface area contributed by atoms with Gasteiger partial charge in [-0.1, -0.05) is 90.5 Å². The fourth-order valence-electron chi connectivity index (χ4n) is 3.38. The molecular weight excluding hydrogens is 390 g/mol. The van der Waals surface area contributed by atoms with Crippen LogP contribution in [-0.4, -0.2) is 5.78 Å². The normalized spacial score (nSPS) is 11.0. The zero-order chi connectivity index (χ0) is 20.9. The van der Waals surface area contributed by atoms with E-state index in [4.69, 9.17) is 17.3 Å². The van der Waals surface area contributed by atoms with Gasteiger partial charge >= 0.3 is 0 Å². The van der Waals surface area contributed by atoms with Gasteiger partial charge in [-0.15, -0.1) is 0 Å². The number of carbonyl (C=O) groups excluding carboxylic acids is 1. The molecule has 3 heteroatoms. The molecule has 2 N–H and O–H groups in total. The number of allylic oxidation sites excluding steroid dienone is 1. The molecule has 0 aromatic heterocycles. The summed E-state index contributed by atoms with van der Waals surface area (Å²) in [7, 11) is 0. The van der Waals surface area contributed by atoms with E-state index >= 15 is 0 Å². The number of para-hydroxylation sites is 1. The second-order valence-corrected chi connectivity index (χ2v) is 7.40. The van der Waals surface area contributed by atoms with Crippen molar-refractivity contribution in [1.29, 1.82) is 0 Å². The predicted octanol–water partition coefficient (Wildman–Crippen LogP) is 7.15. The van der Waals surface area contributed by atoms with Crippen molar-refractivity contribution in [3.05, 3.63) is 119 Å². The van der Waals surface area contributed by atoms with E-state index in [9.17, 15) is 4.79 Å². The van der Waals surface area contributed by atoms with Crippen LogP contribution in [0.25, 0.3) is 28.3 Å². The van der Waals surface area contributed by atoms with Crippen molar-refractivity contribution < 1.29 is 4.79 Å². The number of halogens is 1. The maximum atomic E-state index is 12.4. The summed E-state index contributed by atoms with van der Waals surface area (Å²) in [6.07, 6.45) is 3.44. The van der Waals surface area contributed by atoms with E-state index in [1.54, 1.807) is 6.08 Å². The Kier molecular flexibility index (Phi) is 5.78. The Hall–Kier alpha value is -3.62. The lowest BCUT2D eigenvalue weighted by Gasteiger charge is -2.13. The predicted molar refractivity (Wildman–Crippen MR) is 127 cm³/mol. The van der Waals surface area contributed by atoms with Gasteiger partial charge in [-0.05, 0) is 52.6 Å². The third-order valence-corrected chi connectivity index (χ3v) is 5.19. The molecule has 0 aliphatic rings. The van der Waals surface area contributed by atoms with Crippen molar-refractivity contribution in [2.24, 2.45) is 0 Å². The minimum absolute atomic E-state index is 0.0278. The van der Waals surface area contributed by atoms with E-state index in [0.29, 0.717) is 10.6 Å². The molecule has 0 saturated heterocycles. The molecule has 2 nitrogen and oxygen atoms in total. The molecule has 0 saturated carbocycles. The molecule has 0 heterocycles. The molecule has 0 bridgehead atoms. The summed E-state index contributed by atoms with van der Waals surface area (Å²) < 4.78 is 0. The molecule has 0 radical (unpaired) electrons. The monoisotopic (exact) mass is 409 g/mol. The lowest BCUT2D eigenvalue weighted by Crippen LogP contribution is -1.94. The van der Waals surface area contributed by atoms with E-state index in [-0.39, 0.29) is 5.78 Å². The smallest absolute Gasteiger partial charge is 0.185 e. The molecule has 0 spiro atoms. The SMILES string of the molecule is Nc1ccccc1-c1ccc(C=CC(=O)c2ccccc2)cc1-c1ccc(Cl)cc1. The molecule has 0 aliphatic heterocycles. The number of hydrogen-bond donors (Lipinski definition) is 1. The first-order valence-electron chi connectivity index (χ1n) is 9.64. The second-order valence-electron chi connectivity index (χ2n) is 6.96. The van der Waals surface area contributed by atoms with Crippen LogP contribution < -0.4 is 5.73 Å². The Balaban J connectivity index is 1.76. The summed E-state index contributed by atoms with van der Waals surface area (Å²) in [4.78, 5) is 12.4. The van der Waals surface area contributed by atoms with Gasteiger partial charge in [0.2, 0.25) is 0 Å². The summed E-state index contributed by atoms with van der Waals surface area (Å²) in [6.45, 7) is 0. The number of carbonyl (C=O) groups is 1. The molecule has 4 rings (SSSR count). The maximum absolute atomic E-state index is 12.4. The van der Waals surface area contributed by atoms with Crippen LogP contribution in [0.4, 0.5) is 5.69 Å². The van der Waals surface area contributed by atoms with Crippen molar-refractivity contribution >= 4 is 29.1 Å². The fourth-order valence-corrected chi connectivity index (χ4v) is 3.51. The average Bonchev–Trinajstić information content (AvgIpc) is 2.79. The van der Waals surface area contributed by atoms with Crippen LogP contribution in [0.1, 0.15) is 15.9 Å². The Bertz CT molecular complexity index is 1210. The summed E-state index contributed by atoms with van der Waals surface area (Å²) >= 11 is 6.09. The minimum Gasteiger partial charge on any atom is -0.398 e. The first-order valence-corrected chi connectivity index (χ1v) is 10.0. The number of anilines is 1. The third-order valence-electron chi connectivity index (χ3n) is 4.94. The van der Waals surface area contributed by atoms with Gasteiger partial charge in [0.1, 0.15) is 0 Å². The van der Waals surface area contributed by atoms with Crippen LogP contribution in [0, 0.1) is 0 Å². The average molecular weight is 410 g/mol. The highest BCUT2D eigenvalue weighted by atomic mass is 35.5. The van der Waals surface area contributed by atoms with Gasteiger partial charge in [-0.3, -0.25) is 4.79 Å². The van der Waals surface area contributed by atoms with Gasteiger partial charge in [-0.25, -0.2) is 0 Å². The fraction of sp³-hybridized carbons (Fsp3) is 0. The highest BCUT2D eigenvalue weighted by molar-refractivity contribution is 6.30. The van der Waals surface area contributed by atoms with Crippen LogP contribution in [-0.2, 0) is 0 Å². The van der Waals surface area contributed by atoms with E-state index in [1.165, 1.54) is 0 Å². The number of rotatable bonds is 5. The van der Waals surface area contributed by atoms with Crippen LogP contribution in [0.2, 0.25) is 5.02 Å². The molecule has 146 valence electrons. The summed E-state index contributed by atoms with van der Waals surface area (Å²) in [5.74, 6) is -0.0278. The molecule has 0 aliphatic carbocycles. The van der Waals surface area contributed by atoms with E-state index in [1.807, 2.05) is 97.1 Å². The Morgan fingerprint density at radius 2 is 1.43 bits per heavy atom. The quantitative estimate of drug-likeness (QED) is 0.216. The van der Waals surface area contributed by atoms with Crippen molar-refractivity contribution in [3.63, 3.8) is 0 Å². The van der Waals surface area contributed by atoms with Crippen LogP contribution in [0.3, 0.4) is 0 Å².